The fourth-order valence-corrected chi connectivity index (χ4v) is 4.15. The molecule has 0 spiro atoms. The van der Waals surface area contributed by atoms with Gasteiger partial charge in [-0.3, -0.25) is 14.8 Å². The Morgan fingerprint density at radius 3 is 2.50 bits per heavy atom. The Kier molecular flexibility index (Phi) is 8.60. The summed E-state index contributed by atoms with van der Waals surface area (Å²) in [6, 6.07) is 20.4. The number of benzene rings is 2. The van der Waals surface area contributed by atoms with Crippen LogP contribution in [0.3, 0.4) is 0 Å². The molecule has 5 heteroatoms. The van der Waals surface area contributed by atoms with Gasteiger partial charge in [0.05, 0.1) is 7.11 Å². The molecule has 0 aliphatic heterocycles. The minimum Gasteiger partial charge on any atom is -0.497 e. The molecule has 1 N–H and O–H groups in total. The zero-order chi connectivity index (χ0) is 25.2. The number of nitrogens with one attached hydrogen (secondary N) is 1. The fraction of sp³-hybridized carbons (Fsp3) is 0.194. The Hall–Kier alpha value is -4.25. The number of carbonyl (C=O) groups is 1. The van der Waals surface area contributed by atoms with Crippen LogP contribution in [-0.2, 0) is 11.2 Å². The Morgan fingerprint density at radius 2 is 1.75 bits per heavy atom. The standard InChI is InChI=1S/C31H31N3O2/c1-23(7-3-8-24-9-5-17-32-21-24)34-31(35)12-4-11-30(28-10-6-18-33-22-28)27-14-13-26-20-29(36-2)16-15-25(26)19-27/h4-6,9-23H,3,7-8H2,1-2H3,(H,34,35)/b12-4+,30-11+/t23-/m1/s1. The first-order chi connectivity index (χ1) is 17.6. The molecule has 0 fully saturated rings. The Labute approximate surface area is 212 Å². The first-order valence-corrected chi connectivity index (χ1v) is 12.2. The second kappa shape index (κ2) is 12.5. The number of rotatable bonds is 10. The molecule has 4 aromatic rings. The van der Waals surface area contributed by atoms with Crippen LogP contribution < -0.4 is 10.1 Å². The first-order valence-electron chi connectivity index (χ1n) is 12.2. The molecular weight excluding hydrogens is 446 g/mol. The van der Waals surface area contributed by atoms with Gasteiger partial charge in [-0.1, -0.05) is 42.5 Å². The lowest BCUT2D eigenvalue weighted by atomic mass is 9.96. The number of fused-ring (bicyclic) bond motifs is 1. The van der Waals surface area contributed by atoms with Crippen molar-refractivity contribution in [3.63, 3.8) is 0 Å². The third-order valence-corrected chi connectivity index (χ3v) is 6.06. The third-order valence-electron chi connectivity index (χ3n) is 6.06. The van der Waals surface area contributed by atoms with Crippen molar-refractivity contribution < 1.29 is 9.53 Å². The van der Waals surface area contributed by atoms with Crippen molar-refractivity contribution in [3.8, 4) is 5.75 Å². The van der Waals surface area contributed by atoms with Crippen molar-refractivity contribution in [3.05, 3.63) is 120 Å². The average molecular weight is 478 g/mol. The molecule has 2 aromatic carbocycles. The summed E-state index contributed by atoms with van der Waals surface area (Å²) in [5, 5.41) is 5.28. The van der Waals surface area contributed by atoms with Gasteiger partial charge in [0.1, 0.15) is 5.75 Å². The first kappa shape index (κ1) is 24.9. The van der Waals surface area contributed by atoms with E-state index in [1.165, 1.54) is 5.56 Å². The van der Waals surface area contributed by atoms with Gasteiger partial charge in [0, 0.05) is 42.5 Å². The number of hydrogen-bond acceptors (Lipinski definition) is 4. The predicted molar refractivity (Wildman–Crippen MR) is 146 cm³/mol. The summed E-state index contributed by atoms with van der Waals surface area (Å²) in [5.41, 5.74) is 4.25. The number of carbonyl (C=O) groups excluding carboxylic acids is 1. The lowest BCUT2D eigenvalue weighted by Gasteiger charge is -2.12. The molecule has 182 valence electrons. The SMILES string of the molecule is COc1ccc2cc(/C(=C\C=C\C(=O)N[C@H](C)CCCc3cccnc3)c3cccnc3)ccc2c1. The van der Waals surface area contributed by atoms with E-state index in [1.54, 1.807) is 31.7 Å². The molecule has 0 saturated heterocycles. The van der Waals surface area contributed by atoms with E-state index in [-0.39, 0.29) is 11.9 Å². The van der Waals surface area contributed by atoms with E-state index in [4.69, 9.17) is 4.74 Å². The van der Waals surface area contributed by atoms with Crippen LogP contribution in [0.25, 0.3) is 16.3 Å². The maximum Gasteiger partial charge on any atom is 0.244 e. The topological polar surface area (TPSA) is 64.1 Å². The summed E-state index contributed by atoms with van der Waals surface area (Å²) < 4.78 is 5.34. The van der Waals surface area contributed by atoms with Crippen LogP contribution in [0.1, 0.15) is 36.5 Å². The zero-order valence-electron chi connectivity index (χ0n) is 20.7. The molecule has 36 heavy (non-hydrogen) atoms. The third kappa shape index (κ3) is 6.89. The maximum atomic E-state index is 12.5. The van der Waals surface area contributed by atoms with Gasteiger partial charge in [0.25, 0.3) is 0 Å². The maximum absolute atomic E-state index is 12.5. The highest BCUT2D eigenvalue weighted by molar-refractivity contribution is 5.92. The number of amides is 1. The second-order valence-corrected chi connectivity index (χ2v) is 8.77. The summed E-state index contributed by atoms with van der Waals surface area (Å²) in [4.78, 5) is 21.0. The lowest BCUT2D eigenvalue weighted by molar-refractivity contribution is -0.117. The van der Waals surface area contributed by atoms with Gasteiger partial charge in [0.15, 0.2) is 0 Å². The average Bonchev–Trinajstić information content (AvgIpc) is 2.91. The Morgan fingerprint density at radius 1 is 0.972 bits per heavy atom. The van der Waals surface area contributed by atoms with Crippen LogP contribution >= 0.6 is 0 Å². The molecule has 0 saturated carbocycles. The molecule has 2 heterocycles. The molecular formula is C31H31N3O2. The van der Waals surface area contributed by atoms with Crippen LogP contribution in [0.4, 0.5) is 0 Å². The minimum absolute atomic E-state index is 0.0954. The highest BCUT2D eigenvalue weighted by atomic mass is 16.5. The molecule has 0 bridgehead atoms. The van der Waals surface area contributed by atoms with E-state index in [0.29, 0.717) is 0 Å². The number of nitrogens with zero attached hydrogens (tertiary/aromatic N) is 2. The van der Waals surface area contributed by atoms with Gasteiger partial charge in [-0.25, -0.2) is 0 Å². The molecule has 0 aliphatic rings. The molecule has 4 rings (SSSR count). The van der Waals surface area contributed by atoms with Crippen molar-refractivity contribution in [2.45, 2.75) is 32.2 Å². The van der Waals surface area contributed by atoms with E-state index in [0.717, 1.165) is 52.5 Å². The number of allylic oxidation sites excluding steroid dienone is 2. The molecule has 0 unspecified atom stereocenters. The van der Waals surface area contributed by atoms with Gasteiger partial charge in [-0.2, -0.15) is 0 Å². The Bertz CT molecular complexity index is 1350. The van der Waals surface area contributed by atoms with Gasteiger partial charge < -0.3 is 10.1 Å². The summed E-state index contributed by atoms with van der Waals surface area (Å²) >= 11 is 0. The van der Waals surface area contributed by atoms with Crippen molar-refractivity contribution in [1.82, 2.24) is 15.3 Å². The van der Waals surface area contributed by atoms with Crippen molar-refractivity contribution in [2.24, 2.45) is 0 Å². The van der Waals surface area contributed by atoms with Gasteiger partial charge in [-0.15, -0.1) is 0 Å². The smallest absolute Gasteiger partial charge is 0.244 e. The van der Waals surface area contributed by atoms with Gasteiger partial charge in [-0.05, 0) is 84.0 Å². The fourth-order valence-electron chi connectivity index (χ4n) is 4.15. The number of ether oxygens (including phenoxy) is 1. The monoisotopic (exact) mass is 477 g/mol. The normalized spacial score (nSPS) is 12.6. The van der Waals surface area contributed by atoms with Crippen LogP contribution in [0.15, 0.2) is 104 Å². The number of aryl methyl sites for hydroxylation is 1. The van der Waals surface area contributed by atoms with Crippen molar-refractivity contribution in [1.29, 1.82) is 0 Å². The molecule has 0 aliphatic carbocycles. The number of hydrogen-bond donors (Lipinski definition) is 1. The van der Waals surface area contributed by atoms with E-state index < -0.39 is 0 Å². The van der Waals surface area contributed by atoms with E-state index in [2.05, 4.69) is 45.6 Å². The summed E-state index contributed by atoms with van der Waals surface area (Å²) in [5.74, 6) is 0.731. The predicted octanol–water partition coefficient (Wildman–Crippen LogP) is 6.15. The van der Waals surface area contributed by atoms with Crippen molar-refractivity contribution in [2.75, 3.05) is 7.11 Å². The largest absolute Gasteiger partial charge is 0.497 e. The van der Waals surface area contributed by atoms with E-state index >= 15 is 0 Å². The molecule has 1 atom stereocenters. The molecule has 1 amide bonds. The van der Waals surface area contributed by atoms with Crippen LogP contribution in [0, 0.1) is 0 Å². The summed E-state index contributed by atoms with van der Waals surface area (Å²) in [6.07, 6.45) is 15.5. The zero-order valence-corrected chi connectivity index (χ0v) is 20.7. The van der Waals surface area contributed by atoms with Crippen molar-refractivity contribution >= 4 is 22.3 Å². The van der Waals surface area contributed by atoms with Crippen LogP contribution in [0.2, 0.25) is 0 Å². The van der Waals surface area contributed by atoms with Crippen LogP contribution in [0.5, 0.6) is 5.75 Å². The number of pyridine rings is 2. The number of methoxy groups -OCH3 is 1. The second-order valence-electron chi connectivity index (χ2n) is 8.77. The molecule has 5 nitrogen and oxygen atoms in total. The highest BCUT2D eigenvalue weighted by Crippen LogP contribution is 2.28. The number of aromatic nitrogens is 2. The highest BCUT2D eigenvalue weighted by Gasteiger charge is 2.08. The molecule has 0 radical (unpaired) electrons. The summed E-state index contributed by atoms with van der Waals surface area (Å²) in [6.45, 7) is 2.04. The van der Waals surface area contributed by atoms with Gasteiger partial charge >= 0.3 is 0 Å². The van der Waals surface area contributed by atoms with Crippen LogP contribution in [-0.4, -0.2) is 29.0 Å². The lowest BCUT2D eigenvalue weighted by Crippen LogP contribution is -2.31. The van der Waals surface area contributed by atoms with E-state index in [9.17, 15) is 4.79 Å². The minimum atomic E-state index is -0.101. The quantitative estimate of drug-likeness (QED) is 0.220. The Balaban J connectivity index is 1.44. The summed E-state index contributed by atoms with van der Waals surface area (Å²) in [7, 11) is 1.67. The van der Waals surface area contributed by atoms with Gasteiger partial charge in [0.2, 0.25) is 5.91 Å². The molecule has 2 aromatic heterocycles. The van der Waals surface area contributed by atoms with E-state index in [1.807, 2.05) is 55.7 Å².